The minimum atomic E-state index is -1.06. The summed E-state index contributed by atoms with van der Waals surface area (Å²) in [6, 6.07) is 0. The third kappa shape index (κ3) is 1.83. The van der Waals surface area contributed by atoms with Gasteiger partial charge in [-0.05, 0) is 12.8 Å². The molecule has 1 aliphatic carbocycles. The van der Waals surface area contributed by atoms with Gasteiger partial charge in [-0.2, -0.15) is 0 Å². The number of cyclic esters (lactones) is 1. The van der Waals surface area contributed by atoms with Crippen LogP contribution in [0.5, 0.6) is 0 Å². The van der Waals surface area contributed by atoms with Gasteiger partial charge in [0.2, 0.25) is 0 Å². The Morgan fingerprint density at radius 2 is 2.24 bits per heavy atom. The predicted octanol–water partition coefficient (Wildman–Crippen LogP) is 0.852. The number of carbonyl (C=O) groups is 3. The molecule has 2 aliphatic rings. The highest BCUT2D eigenvalue weighted by molar-refractivity contribution is 6.06. The van der Waals surface area contributed by atoms with Gasteiger partial charge in [0.1, 0.15) is 5.41 Å². The SMILES string of the molecule is COC(=O)CC1COC(=O)C12CCCCC2=O. The first kappa shape index (κ1) is 12.1. The minimum absolute atomic E-state index is 0.0693. The standard InChI is InChI=1S/C12H16O5/c1-16-10(14)6-8-7-17-11(15)12(8)5-3-2-4-9(12)13/h8H,2-7H2,1H3. The summed E-state index contributed by atoms with van der Waals surface area (Å²) < 4.78 is 9.61. The van der Waals surface area contributed by atoms with Crippen LogP contribution in [0, 0.1) is 11.3 Å². The van der Waals surface area contributed by atoms with E-state index in [4.69, 9.17) is 4.74 Å². The number of carbonyl (C=O) groups excluding carboxylic acids is 3. The van der Waals surface area contributed by atoms with Crippen LogP contribution in [0.3, 0.4) is 0 Å². The van der Waals surface area contributed by atoms with Gasteiger partial charge in [0.25, 0.3) is 0 Å². The van der Waals surface area contributed by atoms with Crippen molar-refractivity contribution in [2.75, 3.05) is 13.7 Å². The average molecular weight is 240 g/mol. The Morgan fingerprint density at radius 3 is 2.88 bits per heavy atom. The summed E-state index contributed by atoms with van der Waals surface area (Å²) in [5.41, 5.74) is -1.06. The highest BCUT2D eigenvalue weighted by Crippen LogP contribution is 2.46. The molecule has 2 atom stereocenters. The normalized spacial score (nSPS) is 32.6. The Hall–Kier alpha value is -1.39. The molecule has 2 rings (SSSR count). The maximum Gasteiger partial charge on any atom is 0.320 e. The topological polar surface area (TPSA) is 69.7 Å². The Bertz CT molecular complexity index is 362. The molecule has 1 aliphatic heterocycles. The zero-order chi connectivity index (χ0) is 12.5. The molecular weight excluding hydrogens is 224 g/mol. The minimum Gasteiger partial charge on any atom is -0.469 e. The first-order valence-electron chi connectivity index (χ1n) is 5.88. The van der Waals surface area contributed by atoms with Gasteiger partial charge in [-0.1, -0.05) is 6.42 Å². The average Bonchev–Trinajstić information content (AvgIpc) is 2.62. The second kappa shape index (κ2) is 4.47. The second-order valence-electron chi connectivity index (χ2n) is 4.68. The van der Waals surface area contributed by atoms with Crippen LogP contribution < -0.4 is 0 Å². The summed E-state index contributed by atoms with van der Waals surface area (Å²) in [7, 11) is 1.30. The number of ketones is 1. The Kier molecular flexibility index (Phi) is 3.17. The number of hydrogen-bond acceptors (Lipinski definition) is 5. The molecule has 0 aromatic heterocycles. The number of Topliss-reactive ketones (excluding diaryl/α,β-unsaturated/α-hetero) is 1. The number of esters is 2. The third-order valence-electron chi connectivity index (χ3n) is 3.84. The fourth-order valence-electron chi connectivity index (χ4n) is 2.83. The maximum absolute atomic E-state index is 12.1. The van der Waals surface area contributed by atoms with E-state index in [1.54, 1.807) is 0 Å². The van der Waals surface area contributed by atoms with Crippen molar-refractivity contribution in [3.63, 3.8) is 0 Å². The van der Waals surface area contributed by atoms with Gasteiger partial charge >= 0.3 is 11.9 Å². The van der Waals surface area contributed by atoms with E-state index in [1.165, 1.54) is 7.11 Å². The van der Waals surface area contributed by atoms with Crippen molar-refractivity contribution in [1.82, 2.24) is 0 Å². The molecule has 0 amide bonds. The van der Waals surface area contributed by atoms with Gasteiger partial charge in [-0.15, -0.1) is 0 Å². The van der Waals surface area contributed by atoms with Crippen LogP contribution in [0.2, 0.25) is 0 Å². The van der Waals surface area contributed by atoms with E-state index < -0.39 is 17.4 Å². The van der Waals surface area contributed by atoms with E-state index in [0.717, 1.165) is 12.8 Å². The lowest BCUT2D eigenvalue weighted by Gasteiger charge is -2.32. The van der Waals surface area contributed by atoms with Gasteiger partial charge in [0.15, 0.2) is 5.78 Å². The van der Waals surface area contributed by atoms with Crippen molar-refractivity contribution in [3.8, 4) is 0 Å². The van der Waals surface area contributed by atoms with Crippen LogP contribution in [0.25, 0.3) is 0 Å². The summed E-state index contributed by atoms with van der Waals surface area (Å²) in [5.74, 6) is -1.27. The zero-order valence-electron chi connectivity index (χ0n) is 9.86. The second-order valence-corrected chi connectivity index (χ2v) is 4.68. The zero-order valence-corrected chi connectivity index (χ0v) is 9.86. The van der Waals surface area contributed by atoms with Crippen molar-refractivity contribution in [2.24, 2.45) is 11.3 Å². The van der Waals surface area contributed by atoms with Crippen molar-refractivity contribution >= 4 is 17.7 Å². The largest absolute Gasteiger partial charge is 0.469 e. The lowest BCUT2D eigenvalue weighted by Crippen LogP contribution is -2.44. The Balaban J connectivity index is 2.23. The number of hydrogen-bond donors (Lipinski definition) is 0. The summed E-state index contributed by atoms with van der Waals surface area (Å²) in [4.78, 5) is 35.2. The first-order valence-corrected chi connectivity index (χ1v) is 5.88. The van der Waals surface area contributed by atoms with Crippen molar-refractivity contribution in [2.45, 2.75) is 32.1 Å². The molecule has 1 saturated heterocycles. The van der Waals surface area contributed by atoms with Gasteiger partial charge in [0.05, 0.1) is 20.1 Å². The molecule has 17 heavy (non-hydrogen) atoms. The maximum atomic E-state index is 12.1. The number of methoxy groups -OCH3 is 1. The first-order chi connectivity index (χ1) is 8.11. The van der Waals surface area contributed by atoms with Gasteiger partial charge in [-0.25, -0.2) is 0 Å². The molecular formula is C12H16O5. The molecule has 1 heterocycles. The van der Waals surface area contributed by atoms with E-state index in [-0.39, 0.29) is 24.7 Å². The summed E-state index contributed by atoms with van der Waals surface area (Å²) in [5, 5.41) is 0. The lowest BCUT2D eigenvalue weighted by molar-refractivity contribution is -0.154. The molecule has 5 heteroatoms. The highest BCUT2D eigenvalue weighted by Gasteiger charge is 2.58. The van der Waals surface area contributed by atoms with Crippen LogP contribution in [-0.2, 0) is 23.9 Å². The molecule has 0 aromatic rings. The Labute approximate surface area is 99.5 Å². The highest BCUT2D eigenvalue weighted by atomic mass is 16.5. The number of ether oxygens (including phenoxy) is 2. The summed E-state index contributed by atoms with van der Waals surface area (Å²) >= 11 is 0. The van der Waals surface area contributed by atoms with E-state index in [1.807, 2.05) is 0 Å². The van der Waals surface area contributed by atoms with Crippen LogP contribution in [-0.4, -0.2) is 31.4 Å². The third-order valence-corrected chi connectivity index (χ3v) is 3.84. The van der Waals surface area contributed by atoms with Gasteiger partial charge in [0, 0.05) is 12.3 Å². The quantitative estimate of drug-likeness (QED) is 0.528. The van der Waals surface area contributed by atoms with E-state index in [2.05, 4.69) is 4.74 Å². The molecule has 1 saturated carbocycles. The molecule has 5 nitrogen and oxygen atoms in total. The summed E-state index contributed by atoms with van der Waals surface area (Å²) in [6.45, 7) is 0.152. The van der Waals surface area contributed by atoms with Crippen molar-refractivity contribution < 1.29 is 23.9 Å². The molecule has 0 bridgehead atoms. The van der Waals surface area contributed by atoms with Crippen molar-refractivity contribution in [3.05, 3.63) is 0 Å². The van der Waals surface area contributed by atoms with Crippen LogP contribution in [0.1, 0.15) is 32.1 Å². The predicted molar refractivity (Wildman–Crippen MR) is 57.0 cm³/mol. The van der Waals surface area contributed by atoms with Crippen LogP contribution in [0.15, 0.2) is 0 Å². The van der Waals surface area contributed by atoms with Crippen molar-refractivity contribution in [1.29, 1.82) is 0 Å². The smallest absolute Gasteiger partial charge is 0.320 e. The molecule has 0 N–H and O–H groups in total. The van der Waals surface area contributed by atoms with E-state index in [9.17, 15) is 14.4 Å². The fraction of sp³-hybridized carbons (Fsp3) is 0.750. The molecule has 0 radical (unpaired) electrons. The molecule has 1 spiro atoms. The summed E-state index contributed by atoms with van der Waals surface area (Å²) in [6.07, 6.45) is 2.64. The van der Waals surface area contributed by atoms with Gasteiger partial charge < -0.3 is 9.47 Å². The number of rotatable bonds is 2. The van der Waals surface area contributed by atoms with Crippen LogP contribution >= 0.6 is 0 Å². The van der Waals surface area contributed by atoms with Crippen LogP contribution in [0.4, 0.5) is 0 Å². The lowest BCUT2D eigenvalue weighted by atomic mass is 9.65. The monoisotopic (exact) mass is 240 g/mol. The molecule has 2 unspecified atom stereocenters. The fourth-order valence-corrected chi connectivity index (χ4v) is 2.83. The Morgan fingerprint density at radius 1 is 1.47 bits per heavy atom. The molecule has 2 fully saturated rings. The van der Waals surface area contributed by atoms with Gasteiger partial charge in [-0.3, -0.25) is 14.4 Å². The molecule has 0 aromatic carbocycles. The van der Waals surface area contributed by atoms with E-state index >= 15 is 0 Å². The van der Waals surface area contributed by atoms with E-state index in [0.29, 0.717) is 12.8 Å². The molecule has 94 valence electrons.